The Hall–Kier alpha value is -2.14. The maximum atomic E-state index is 12.3. The van der Waals surface area contributed by atoms with Crippen molar-refractivity contribution in [3.63, 3.8) is 0 Å². The maximum Gasteiger partial charge on any atom is 0.256 e. The van der Waals surface area contributed by atoms with Gasteiger partial charge < -0.3 is 15.8 Å². The van der Waals surface area contributed by atoms with Gasteiger partial charge in [-0.2, -0.15) is 0 Å². The molecule has 0 saturated carbocycles. The molecule has 0 saturated heterocycles. The number of nitrogens with two attached hydrogens (primary N) is 1. The summed E-state index contributed by atoms with van der Waals surface area (Å²) < 4.78 is 5.13. The van der Waals surface area contributed by atoms with Gasteiger partial charge in [0.05, 0.1) is 24.0 Å². The lowest BCUT2D eigenvalue weighted by Gasteiger charge is -2.11. The van der Waals surface area contributed by atoms with Crippen LogP contribution in [0.5, 0.6) is 5.75 Å². The molecule has 5 heteroatoms. The summed E-state index contributed by atoms with van der Waals surface area (Å²) >= 11 is 1.53. The van der Waals surface area contributed by atoms with Gasteiger partial charge in [0.15, 0.2) is 0 Å². The molecule has 0 aliphatic heterocycles. The largest absolute Gasteiger partial charge is 0.497 e. The Balaban J connectivity index is 2.27. The highest BCUT2D eigenvalue weighted by Gasteiger charge is 2.12. The van der Waals surface area contributed by atoms with Crippen molar-refractivity contribution in [3.8, 4) is 5.75 Å². The van der Waals surface area contributed by atoms with Crippen molar-refractivity contribution < 1.29 is 9.53 Å². The Labute approximate surface area is 122 Å². The predicted octanol–water partition coefficient (Wildman–Crippen LogP) is 3.25. The highest BCUT2D eigenvalue weighted by molar-refractivity contribution is 7.98. The number of amides is 1. The average Bonchev–Trinajstić information content (AvgIpc) is 2.49. The molecule has 0 unspecified atom stereocenters. The van der Waals surface area contributed by atoms with Crippen molar-refractivity contribution in [2.24, 2.45) is 0 Å². The summed E-state index contributed by atoms with van der Waals surface area (Å²) in [6.07, 6.45) is 1.94. The van der Waals surface area contributed by atoms with Crippen LogP contribution < -0.4 is 15.8 Å². The van der Waals surface area contributed by atoms with Crippen molar-refractivity contribution in [1.82, 2.24) is 0 Å². The van der Waals surface area contributed by atoms with Gasteiger partial charge in [0.2, 0.25) is 0 Å². The van der Waals surface area contributed by atoms with E-state index in [1.54, 1.807) is 31.4 Å². The number of carbonyl (C=O) groups excluding carboxylic acids is 1. The van der Waals surface area contributed by atoms with Gasteiger partial charge in [0.1, 0.15) is 5.75 Å². The zero-order valence-electron chi connectivity index (χ0n) is 11.3. The van der Waals surface area contributed by atoms with E-state index in [0.717, 1.165) is 4.90 Å². The predicted molar refractivity (Wildman–Crippen MR) is 83.6 cm³/mol. The SMILES string of the molecule is COc1ccc(N)c(NC(=O)c2ccccc2SC)c1. The minimum atomic E-state index is -0.185. The lowest BCUT2D eigenvalue weighted by Crippen LogP contribution is -2.14. The van der Waals surface area contributed by atoms with Gasteiger partial charge in [-0.3, -0.25) is 4.79 Å². The van der Waals surface area contributed by atoms with Crippen molar-refractivity contribution in [3.05, 3.63) is 48.0 Å². The van der Waals surface area contributed by atoms with Crippen LogP contribution in [-0.4, -0.2) is 19.3 Å². The molecule has 1 amide bonds. The van der Waals surface area contributed by atoms with Gasteiger partial charge in [-0.05, 0) is 30.5 Å². The normalized spacial score (nSPS) is 10.1. The molecule has 0 atom stereocenters. The van der Waals surface area contributed by atoms with Crippen molar-refractivity contribution in [1.29, 1.82) is 0 Å². The number of thioether (sulfide) groups is 1. The summed E-state index contributed by atoms with van der Waals surface area (Å²) in [5, 5.41) is 2.82. The maximum absolute atomic E-state index is 12.3. The molecule has 4 nitrogen and oxygen atoms in total. The summed E-state index contributed by atoms with van der Waals surface area (Å²) in [6, 6.07) is 12.6. The van der Waals surface area contributed by atoms with Gasteiger partial charge in [0, 0.05) is 11.0 Å². The second-order valence-electron chi connectivity index (χ2n) is 4.11. The van der Waals surface area contributed by atoms with Crippen LogP contribution in [0.3, 0.4) is 0 Å². The molecule has 20 heavy (non-hydrogen) atoms. The molecule has 0 aromatic heterocycles. The van der Waals surface area contributed by atoms with E-state index in [1.165, 1.54) is 11.8 Å². The van der Waals surface area contributed by atoms with Gasteiger partial charge >= 0.3 is 0 Å². The lowest BCUT2D eigenvalue weighted by atomic mass is 10.2. The minimum absolute atomic E-state index is 0.185. The first-order valence-electron chi connectivity index (χ1n) is 6.03. The summed E-state index contributed by atoms with van der Waals surface area (Å²) in [5.74, 6) is 0.461. The third-order valence-corrected chi connectivity index (χ3v) is 3.66. The summed E-state index contributed by atoms with van der Waals surface area (Å²) in [7, 11) is 1.57. The zero-order valence-corrected chi connectivity index (χ0v) is 12.2. The lowest BCUT2D eigenvalue weighted by molar-refractivity contribution is 0.102. The molecule has 2 rings (SSSR count). The molecule has 0 bridgehead atoms. The molecule has 2 aromatic rings. The fraction of sp³-hybridized carbons (Fsp3) is 0.133. The number of hydrogen-bond acceptors (Lipinski definition) is 4. The first-order valence-corrected chi connectivity index (χ1v) is 7.26. The van der Waals surface area contributed by atoms with Crippen LogP contribution in [0.1, 0.15) is 10.4 Å². The second-order valence-corrected chi connectivity index (χ2v) is 4.96. The highest BCUT2D eigenvalue weighted by atomic mass is 32.2. The van der Waals surface area contributed by atoms with E-state index >= 15 is 0 Å². The van der Waals surface area contributed by atoms with Crippen molar-refractivity contribution in [2.75, 3.05) is 24.4 Å². The zero-order chi connectivity index (χ0) is 14.5. The molecule has 0 radical (unpaired) electrons. The molecule has 0 fully saturated rings. The highest BCUT2D eigenvalue weighted by Crippen LogP contribution is 2.26. The Kier molecular flexibility index (Phi) is 4.53. The van der Waals surface area contributed by atoms with Crippen LogP contribution in [-0.2, 0) is 0 Å². The van der Waals surface area contributed by atoms with E-state index in [1.807, 2.05) is 24.5 Å². The van der Waals surface area contributed by atoms with E-state index < -0.39 is 0 Å². The first kappa shape index (κ1) is 14.3. The third-order valence-electron chi connectivity index (χ3n) is 2.86. The van der Waals surface area contributed by atoms with Crippen LogP contribution in [0.25, 0.3) is 0 Å². The number of methoxy groups -OCH3 is 1. The van der Waals surface area contributed by atoms with E-state index in [2.05, 4.69) is 5.32 Å². The Morgan fingerprint density at radius 2 is 2.00 bits per heavy atom. The van der Waals surface area contributed by atoms with E-state index in [9.17, 15) is 4.79 Å². The third kappa shape index (κ3) is 3.05. The van der Waals surface area contributed by atoms with Crippen LogP contribution in [0.2, 0.25) is 0 Å². The average molecular weight is 288 g/mol. The quantitative estimate of drug-likeness (QED) is 0.669. The Morgan fingerprint density at radius 3 is 2.70 bits per heavy atom. The smallest absolute Gasteiger partial charge is 0.256 e. The number of nitrogen functional groups attached to an aromatic ring is 1. The monoisotopic (exact) mass is 288 g/mol. The summed E-state index contributed by atoms with van der Waals surface area (Å²) in [5.41, 5.74) is 7.54. The Morgan fingerprint density at radius 1 is 1.25 bits per heavy atom. The van der Waals surface area contributed by atoms with Crippen LogP contribution in [0.15, 0.2) is 47.4 Å². The van der Waals surface area contributed by atoms with Gasteiger partial charge in [0.25, 0.3) is 5.91 Å². The van der Waals surface area contributed by atoms with Gasteiger partial charge in [-0.15, -0.1) is 11.8 Å². The molecule has 0 aliphatic rings. The fourth-order valence-corrected chi connectivity index (χ4v) is 2.39. The van der Waals surface area contributed by atoms with Gasteiger partial charge in [-0.1, -0.05) is 12.1 Å². The number of carbonyl (C=O) groups is 1. The standard InChI is InChI=1S/C15H16N2O2S/c1-19-10-7-8-12(16)13(9-10)17-15(18)11-5-3-4-6-14(11)20-2/h3-9H,16H2,1-2H3,(H,17,18). The molecule has 3 N–H and O–H groups in total. The second kappa shape index (κ2) is 6.34. The van der Waals surface area contributed by atoms with Crippen molar-refractivity contribution in [2.45, 2.75) is 4.90 Å². The number of benzene rings is 2. The molecule has 2 aromatic carbocycles. The number of nitrogens with one attached hydrogen (secondary N) is 1. The Bertz CT molecular complexity index is 629. The van der Waals surface area contributed by atoms with Crippen LogP contribution >= 0.6 is 11.8 Å². The summed E-state index contributed by atoms with van der Waals surface area (Å²) in [6.45, 7) is 0. The first-order chi connectivity index (χ1) is 9.65. The number of rotatable bonds is 4. The van der Waals surface area contributed by atoms with Crippen LogP contribution in [0, 0.1) is 0 Å². The van der Waals surface area contributed by atoms with Gasteiger partial charge in [-0.25, -0.2) is 0 Å². The molecule has 0 aliphatic carbocycles. The summed E-state index contributed by atoms with van der Waals surface area (Å²) in [4.78, 5) is 13.2. The molecule has 104 valence electrons. The van der Waals surface area contributed by atoms with Crippen molar-refractivity contribution >= 4 is 29.0 Å². The van der Waals surface area contributed by atoms with E-state index in [-0.39, 0.29) is 5.91 Å². The number of anilines is 2. The fourth-order valence-electron chi connectivity index (χ4n) is 1.79. The van der Waals surface area contributed by atoms with Crippen LogP contribution in [0.4, 0.5) is 11.4 Å². The molecule has 0 heterocycles. The molecule has 0 spiro atoms. The number of hydrogen-bond donors (Lipinski definition) is 2. The molecular weight excluding hydrogens is 272 g/mol. The van der Waals surface area contributed by atoms with E-state index in [4.69, 9.17) is 10.5 Å². The molecular formula is C15H16N2O2S. The number of ether oxygens (including phenoxy) is 1. The minimum Gasteiger partial charge on any atom is -0.497 e. The van der Waals surface area contributed by atoms with E-state index in [0.29, 0.717) is 22.7 Å². The topological polar surface area (TPSA) is 64.3 Å².